The molecule has 1 fully saturated rings. The highest BCUT2D eigenvalue weighted by molar-refractivity contribution is 5.42. The van der Waals surface area contributed by atoms with Crippen LogP contribution in [-0.2, 0) is 6.42 Å². The van der Waals surface area contributed by atoms with Crippen molar-refractivity contribution in [2.24, 2.45) is 5.73 Å². The summed E-state index contributed by atoms with van der Waals surface area (Å²) in [5.74, 6) is 0.909. The third-order valence-electron chi connectivity index (χ3n) is 4.86. The molecule has 0 saturated carbocycles. The molecular weight excluding hydrogens is 250 g/mol. The largest absolute Gasteiger partial charge is 0.497 e. The Balaban J connectivity index is 1.81. The summed E-state index contributed by atoms with van der Waals surface area (Å²) < 4.78 is 5.33. The van der Waals surface area contributed by atoms with Gasteiger partial charge in [0.15, 0.2) is 0 Å². The van der Waals surface area contributed by atoms with Gasteiger partial charge in [0, 0.05) is 37.8 Å². The first kappa shape index (κ1) is 13.9. The van der Waals surface area contributed by atoms with Crippen LogP contribution in [0.4, 0.5) is 0 Å². The number of piperazine rings is 1. The minimum Gasteiger partial charge on any atom is -0.497 e. The standard InChI is InChI=1S/C16H25N3O/c1-11-10-18(2)6-7-19(11)15-8-12-4-5-13(20-3)9-14(12)16(15)17/h4-5,9,11,15-16H,6-8,10,17H2,1-3H3. The van der Waals surface area contributed by atoms with Crippen LogP contribution in [0, 0.1) is 0 Å². The normalized spacial score (nSPS) is 31.3. The summed E-state index contributed by atoms with van der Waals surface area (Å²) in [5.41, 5.74) is 9.18. The molecule has 0 bridgehead atoms. The molecule has 1 aliphatic heterocycles. The number of fused-ring (bicyclic) bond motifs is 1. The SMILES string of the molecule is COc1ccc2c(c1)C(N)C(N1CCN(C)CC1C)C2. The van der Waals surface area contributed by atoms with Crippen molar-refractivity contribution < 1.29 is 4.74 Å². The summed E-state index contributed by atoms with van der Waals surface area (Å²) in [6.07, 6.45) is 1.06. The average molecular weight is 275 g/mol. The van der Waals surface area contributed by atoms with Crippen molar-refractivity contribution in [3.63, 3.8) is 0 Å². The maximum atomic E-state index is 6.53. The second-order valence-corrected chi connectivity index (χ2v) is 6.21. The molecule has 20 heavy (non-hydrogen) atoms. The molecule has 0 amide bonds. The predicted octanol–water partition coefficient (Wildman–Crippen LogP) is 1.26. The molecule has 1 aromatic carbocycles. The number of benzene rings is 1. The number of rotatable bonds is 2. The highest BCUT2D eigenvalue weighted by Gasteiger charge is 2.37. The monoisotopic (exact) mass is 275 g/mol. The van der Waals surface area contributed by atoms with Crippen LogP contribution in [0.15, 0.2) is 18.2 Å². The minimum absolute atomic E-state index is 0.103. The van der Waals surface area contributed by atoms with Gasteiger partial charge >= 0.3 is 0 Å². The van der Waals surface area contributed by atoms with Gasteiger partial charge in [-0.2, -0.15) is 0 Å². The van der Waals surface area contributed by atoms with Gasteiger partial charge in [0.1, 0.15) is 5.75 Å². The van der Waals surface area contributed by atoms with E-state index in [9.17, 15) is 0 Å². The third kappa shape index (κ3) is 2.32. The van der Waals surface area contributed by atoms with Crippen molar-refractivity contribution >= 4 is 0 Å². The average Bonchev–Trinajstić information content (AvgIpc) is 2.76. The van der Waals surface area contributed by atoms with E-state index in [0.29, 0.717) is 12.1 Å². The number of hydrogen-bond donors (Lipinski definition) is 1. The number of ether oxygens (including phenoxy) is 1. The van der Waals surface area contributed by atoms with E-state index in [1.54, 1.807) is 7.11 Å². The number of hydrogen-bond acceptors (Lipinski definition) is 4. The van der Waals surface area contributed by atoms with Gasteiger partial charge in [-0.3, -0.25) is 4.90 Å². The molecule has 1 saturated heterocycles. The van der Waals surface area contributed by atoms with Crippen LogP contribution in [-0.4, -0.2) is 55.7 Å². The molecule has 3 rings (SSSR count). The lowest BCUT2D eigenvalue weighted by Crippen LogP contribution is -2.56. The second kappa shape index (κ2) is 5.35. The highest BCUT2D eigenvalue weighted by atomic mass is 16.5. The van der Waals surface area contributed by atoms with Crippen LogP contribution >= 0.6 is 0 Å². The van der Waals surface area contributed by atoms with Gasteiger partial charge in [-0.25, -0.2) is 0 Å². The highest BCUT2D eigenvalue weighted by Crippen LogP contribution is 2.36. The molecule has 4 nitrogen and oxygen atoms in total. The Bertz CT molecular complexity index is 491. The first-order valence-corrected chi connectivity index (χ1v) is 7.47. The Labute approximate surface area is 121 Å². The van der Waals surface area contributed by atoms with Crippen LogP contribution < -0.4 is 10.5 Å². The van der Waals surface area contributed by atoms with E-state index >= 15 is 0 Å². The minimum atomic E-state index is 0.103. The van der Waals surface area contributed by atoms with Gasteiger partial charge < -0.3 is 15.4 Å². The molecule has 110 valence electrons. The lowest BCUT2D eigenvalue weighted by atomic mass is 10.0. The lowest BCUT2D eigenvalue weighted by Gasteiger charge is -2.43. The zero-order valence-corrected chi connectivity index (χ0v) is 12.7. The van der Waals surface area contributed by atoms with Gasteiger partial charge in [0.05, 0.1) is 7.11 Å². The van der Waals surface area contributed by atoms with E-state index in [2.05, 4.69) is 35.9 Å². The van der Waals surface area contributed by atoms with Crippen molar-refractivity contribution in [3.8, 4) is 5.75 Å². The van der Waals surface area contributed by atoms with E-state index in [4.69, 9.17) is 10.5 Å². The maximum absolute atomic E-state index is 6.53. The fourth-order valence-electron chi connectivity index (χ4n) is 3.73. The molecule has 3 atom stereocenters. The first-order chi connectivity index (χ1) is 9.60. The molecule has 4 heteroatoms. The second-order valence-electron chi connectivity index (χ2n) is 6.21. The van der Waals surface area contributed by atoms with Crippen LogP contribution in [0.3, 0.4) is 0 Å². The number of nitrogens with two attached hydrogens (primary N) is 1. The molecule has 1 heterocycles. The zero-order valence-electron chi connectivity index (χ0n) is 12.7. The van der Waals surface area contributed by atoms with E-state index in [1.165, 1.54) is 11.1 Å². The molecule has 1 aromatic rings. The lowest BCUT2D eigenvalue weighted by molar-refractivity contribution is 0.0551. The molecule has 2 N–H and O–H groups in total. The quantitative estimate of drug-likeness (QED) is 0.882. The van der Waals surface area contributed by atoms with Crippen LogP contribution in [0.25, 0.3) is 0 Å². The van der Waals surface area contributed by atoms with Gasteiger partial charge in [-0.1, -0.05) is 6.07 Å². The fourth-order valence-corrected chi connectivity index (χ4v) is 3.73. The topological polar surface area (TPSA) is 41.7 Å². The van der Waals surface area contributed by atoms with Gasteiger partial charge in [-0.15, -0.1) is 0 Å². The Morgan fingerprint density at radius 2 is 2.10 bits per heavy atom. The molecule has 2 aliphatic rings. The zero-order chi connectivity index (χ0) is 14.3. The Kier molecular flexibility index (Phi) is 3.71. The summed E-state index contributed by atoms with van der Waals surface area (Å²) >= 11 is 0. The summed E-state index contributed by atoms with van der Waals surface area (Å²) in [5, 5.41) is 0. The van der Waals surface area contributed by atoms with Crippen LogP contribution in [0.2, 0.25) is 0 Å². The summed E-state index contributed by atoms with van der Waals surface area (Å²) in [4.78, 5) is 4.99. The third-order valence-corrected chi connectivity index (χ3v) is 4.86. The summed E-state index contributed by atoms with van der Waals surface area (Å²) in [6, 6.07) is 7.43. The Morgan fingerprint density at radius 1 is 1.30 bits per heavy atom. The van der Waals surface area contributed by atoms with Gasteiger partial charge in [-0.05, 0) is 43.7 Å². The van der Waals surface area contributed by atoms with Crippen molar-refractivity contribution in [1.29, 1.82) is 0 Å². The summed E-state index contributed by atoms with van der Waals surface area (Å²) in [7, 11) is 3.91. The molecule has 0 aromatic heterocycles. The number of nitrogens with zero attached hydrogens (tertiary/aromatic N) is 2. The number of likely N-dealkylation sites (N-methyl/N-ethyl adjacent to an activating group) is 1. The first-order valence-electron chi connectivity index (χ1n) is 7.47. The Hall–Kier alpha value is -1.10. The Morgan fingerprint density at radius 3 is 2.80 bits per heavy atom. The van der Waals surface area contributed by atoms with E-state index < -0.39 is 0 Å². The van der Waals surface area contributed by atoms with Crippen LogP contribution in [0.1, 0.15) is 24.1 Å². The smallest absolute Gasteiger partial charge is 0.119 e. The molecule has 0 spiro atoms. The van der Waals surface area contributed by atoms with Crippen molar-refractivity contribution in [2.45, 2.75) is 31.5 Å². The molecule has 1 aliphatic carbocycles. The maximum Gasteiger partial charge on any atom is 0.119 e. The molecular formula is C16H25N3O. The summed E-state index contributed by atoms with van der Waals surface area (Å²) in [6.45, 7) is 5.68. The van der Waals surface area contributed by atoms with Crippen molar-refractivity contribution in [3.05, 3.63) is 29.3 Å². The van der Waals surface area contributed by atoms with E-state index in [1.807, 2.05) is 6.07 Å². The van der Waals surface area contributed by atoms with Crippen LogP contribution in [0.5, 0.6) is 5.75 Å². The number of methoxy groups -OCH3 is 1. The predicted molar refractivity (Wildman–Crippen MR) is 81.1 cm³/mol. The fraction of sp³-hybridized carbons (Fsp3) is 0.625. The van der Waals surface area contributed by atoms with E-state index in [-0.39, 0.29) is 6.04 Å². The van der Waals surface area contributed by atoms with Gasteiger partial charge in [0.25, 0.3) is 0 Å². The molecule has 0 radical (unpaired) electrons. The van der Waals surface area contributed by atoms with E-state index in [0.717, 1.165) is 31.8 Å². The van der Waals surface area contributed by atoms with Crippen molar-refractivity contribution in [1.82, 2.24) is 9.80 Å². The van der Waals surface area contributed by atoms with Gasteiger partial charge in [0.2, 0.25) is 0 Å². The molecule has 3 unspecified atom stereocenters. The van der Waals surface area contributed by atoms with Crippen molar-refractivity contribution in [2.75, 3.05) is 33.8 Å².